The molecule has 0 aliphatic carbocycles. The van der Waals surface area contributed by atoms with E-state index in [9.17, 15) is 14.7 Å². The molecule has 0 radical (unpaired) electrons. The molecule has 0 spiro atoms. The Morgan fingerprint density at radius 1 is 1.06 bits per heavy atom. The van der Waals surface area contributed by atoms with Crippen LogP contribution in [0.2, 0.25) is 5.02 Å². The molecule has 0 bridgehead atoms. The number of halogens is 1. The van der Waals surface area contributed by atoms with Gasteiger partial charge in [-0.25, -0.2) is 4.79 Å². The molecule has 32 heavy (non-hydrogen) atoms. The number of hydrogen-bond acceptors (Lipinski definition) is 6. The molecule has 1 aliphatic rings. The number of thiophene rings is 1. The number of aromatic carboxylic acids is 1. The zero-order chi connectivity index (χ0) is 23.0. The van der Waals surface area contributed by atoms with E-state index >= 15 is 0 Å². The van der Waals surface area contributed by atoms with E-state index in [1.165, 1.54) is 21.3 Å². The third-order valence-corrected chi connectivity index (χ3v) is 6.89. The van der Waals surface area contributed by atoms with Crippen LogP contribution in [0.4, 0.5) is 5.69 Å². The van der Waals surface area contributed by atoms with E-state index in [2.05, 4.69) is 5.32 Å². The number of carboxylic acids is 1. The average Bonchev–Trinajstić information content (AvgIpc) is 3.17. The van der Waals surface area contributed by atoms with Gasteiger partial charge in [0, 0.05) is 39.4 Å². The topological polar surface area (TPSA) is 94.1 Å². The Morgan fingerprint density at radius 2 is 1.69 bits per heavy atom. The summed E-state index contributed by atoms with van der Waals surface area (Å²) >= 11 is 7.15. The maximum atomic E-state index is 12.7. The van der Waals surface area contributed by atoms with Gasteiger partial charge in [-0.2, -0.15) is 0 Å². The third-order valence-electron chi connectivity index (χ3n) is 5.34. The number of rotatable bonds is 6. The predicted octanol–water partition coefficient (Wildman–Crippen LogP) is 5.27. The number of amides is 1. The van der Waals surface area contributed by atoms with Crippen molar-refractivity contribution in [2.45, 2.75) is 12.3 Å². The molecular weight excluding hydrogens is 454 g/mol. The molecule has 2 aromatic carbocycles. The minimum atomic E-state index is -1.07. The van der Waals surface area contributed by atoms with Gasteiger partial charge in [-0.15, -0.1) is 11.3 Å². The molecule has 1 aromatic heterocycles. The molecule has 9 heteroatoms. The van der Waals surface area contributed by atoms with Gasteiger partial charge < -0.3 is 24.6 Å². The zero-order valence-corrected chi connectivity index (χ0v) is 19.1. The Kier molecular flexibility index (Phi) is 5.99. The molecule has 1 aliphatic heterocycles. The number of methoxy groups -OCH3 is 3. The Labute approximate surface area is 193 Å². The summed E-state index contributed by atoms with van der Waals surface area (Å²) in [4.78, 5) is 25.7. The largest absolute Gasteiger partial charge is 0.496 e. The number of carbonyl (C=O) groups is 2. The zero-order valence-electron chi connectivity index (χ0n) is 17.5. The minimum absolute atomic E-state index is 0.137. The van der Waals surface area contributed by atoms with Gasteiger partial charge in [0.1, 0.15) is 10.6 Å². The normalized spacial score (nSPS) is 15.0. The number of fused-ring (bicyclic) bond motifs is 1. The van der Waals surface area contributed by atoms with Gasteiger partial charge in [0.2, 0.25) is 5.91 Å². The van der Waals surface area contributed by atoms with E-state index in [0.29, 0.717) is 44.6 Å². The second-order valence-corrected chi connectivity index (χ2v) is 8.60. The van der Waals surface area contributed by atoms with Crippen LogP contribution in [-0.2, 0) is 4.79 Å². The minimum Gasteiger partial charge on any atom is -0.496 e. The lowest BCUT2D eigenvalue weighted by atomic mass is 9.88. The van der Waals surface area contributed by atoms with Crippen molar-refractivity contribution in [3.63, 3.8) is 0 Å². The molecule has 0 saturated carbocycles. The Hall–Kier alpha value is -3.23. The van der Waals surface area contributed by atoms with Gasteiger partial charge in [-0.05, 0) is 23.8 Å². The molecule has 1 amide bonds. The molecule has 2 N–H and O–H groups in total. The number of nitrogens with one attached hydrogen (secondary N) is 1. The van der Waals surface area contributed by atoms with Crippen molar-refractivity contribution in [1.82, 2.24) is 0 Å². The first-order valence-electron chi connectivity index (χ1n) is 9.63. The number of hydrogen-bond donors (Lipinski definition) is 2. The highest BCUT2D eigenvalue weighted by Crippen LogP contribution is 2.52. The summed E-state index contributed by atoms with van der Waals surface area (Å²) < 4.78 is 16.4. The van der Waals surface area contributed by atoms with Crippen molar-refractivity contribution in [3.8, 4) is 28.4 Å². The highest BCUT2D eigenvalue weighted by atomic mass is 35.5. The lowest BCUT2D eigenvalue weighted by molar-refractivity contribution is -0.116. The van der Waals surface area contributed by atoms with Crippen LogP contribution in [0.25, 0.3) is 11.1 Å². The summed E-state index contributed by atoms with van der Waals surface area (Å²) in [6.45, 7) is 0. The molecule has 166 valence electrons. The molecule has 1 atom stereocenters. The van der Waals surface area contributed by atoms with Crippen molar-refractivity contribution in [2.24, 2.45) is 0 Å². The quantitative estimate of drug-likeness (QED) is 0.506. The van der Waals surface area contributed by atoms with Crippen LogP contribution >= 0.6 is 22.9 Å². The summed E-state index contributed by atoms with van der Waals surface area (Å²) in [5.41, 5.74) is 2.33. The Morgan fingerprint density at radius 3 is 2.28 bits per heavy atom. The summed E-state index contributed by atoms with van der Waals surface area (Å²) in [5, 5.41) is 13.3. The maximum absolute atomic E-state index is 12.7. The summed E-state index contributed by atoms with van der Waals surface area (Å²) in [5.74, 6) is -0.202. The van der Waals surface area contributed by atoms with Gasteiger partial charge in [0.25, 0.3) is 0 Å². The summed E-state index contributed by atoms with van der Waals surface area (Å²) in [6, 6.07) is 10.3. The van der Waals surface area contributed by atoms with E-state index in [4.69, 9.17) is 25.8 Å². The SMILES string of the molecule is COc1cc(OC)c(C2CC(=O)Nc3c2sc(C(=O)O)c3-c2ccc(Cl)cc2)cc1OC. The second kappa shape index (κ2) is 8.72. The van der Waals surface area contributed by atoms with Gasteiger partial charge in [-0.1, -0.05) is 23.7 Å². The van der Waals surface area contributed by atoms with Crippen LogP contribution in [0.15, 0.2) is 36.4 Å². The Bertz CT molecular complexity index is 1200. The highest BCUT2D eigenvalue weighted by molar-refractivity contribution is 7.15. The molecule has 0 fully saturated rings. The molecule has 4 rings (SSSR count). The average molecular weight is 474 g/mol. The molecule has 1 unspecified atom stereocenters. The second-order valence-electron chi connectivity index (χ2n) is 7.11. The van der Waals surface area contributed by atoms with Crippen molar-refractivity contribution < 1.29 is 28.9 Å². The van der Waals surface area contributed by atoms with E-state index < -0.39 is 11.9 Å². The predicted molar refractivity (Wildman–Crippen MR) is 123 cm³/mol. The first-order chi connectivity index (χ1) is 15.4. The lowest BCUT2D eigenvalue weighted by Crippen LogP contribution is -2.23. The van der Waals surface area contributed by atoms with Crippen molar-refractivity contribution in [3.05, 3.63) is 56.7 Å². The molecule has 7 nitrogen and oxygen atoms in total. The summed E-state index contributed by atoms with van der Waals surface area (Å²) in [7, 11) is 4.59. The molecule has 3 aromatic rings. The standard InChI is InChI=1S/C23H20ClNO6S/c1-29-15-10-17(31-3)16(30-2)8-13(15)14-9-18(26)25-20-19(11-4-6-12(24)7-5-11)22(23(27)28)32-21(14)20/h4-8,10,14H,9H2,1-3H3,(H,25,26)(H,27,28). The number of ether oxygens (including phenoxy) is 3. The maximum Gasteiger partial charge on any atom is 0.346 e. The van der Waals surface area contributed by atoms with Crippen LogP contribution in [0.3, 0.4) is 0 Å². The van der Waals surface area contributed by atoms with E-state index in [1.54, 1.807) is 36.4 Å². The van der Waals surface area contributed by atoms with Gasteiger partial charge in [0.05, 0.1) is 27.0 Å². The van der Waals surface area contributed by atoms with Crippen LogP contribution in [0.5, 0.6) is 17.2 Å². The molecular formula is C23H20ClNO6S. The first-order valence-corrected chi connectivity index (χ1v) is 10.8. The van der Waals surface area contributed by atoms with Crippen LogP contribution in [-0.4, -0.2) is 38.3 Å². The number of carbonyl (C=O) groups excluding carboxylic acids is 1. The number of carboxylic acid groups (broad SMARTS) is 1. The fourth-order valence-corrected chi connectivity index (χ4v) is 5.27. The highest BCUT2D eigenvalue weighted by Gasteiger charge is 2.36. The van der Waals surface area contributed by atoms with Crippen LogP contribution < -0.4 is 19.5 Å². The van der Waals surface area contributed by atoms with Crippen LogP contribution in [0, 0.1) is 0 Å². The fourth-order valence-electron chi connectivity index (χ4n) is 3.91. The monoisotopic (exact) mass is 473 g/mol. The fraction of sp³-hybridized carbons (Fsp3) is 0.217. The lowest BCUT2D eigenvalue weighted by Gasteiger charge is -2.26. The third kappa shape index (κ3) is 3.76. The molecule has 2 heterocycles. The van der Waals surface area contributed by atoms with Gasteiger partial charge >= 0.3 is 5.97 Å². The number of anilines is 1. The van der Waals surface area contributed by atoms with Gasteiger partial charge in [0.15, 0.2) is 11.5 Å². The van der Waals surface area contributed by atoms with Gasteiger partial charge in [-0.3, -0.25) is 4.79 Å². The first kappa shape index (κ1) is 22.0. The summed E-state index contributed by atoms with van der Waals surface area (Å²) in [6.07, 6.45) is 0.137. The van der Waals surface area contributed by atoms with E-state index in [-0.39, 0.29) is 17.2 Å². The van der Waals surface area contributed by atoms with Crippen LogP contribution in [0.1, 0.15) is 32.5 Å². The smallest absolute Gasteiger partial charge is 0.346 e. The molecule has 0 saturated heterocycles. The van der Waals surface area contributed by atoms with Crippen molar-refractivity contribution >= 4 is 40.5 Å². The van der Waals surface area contributed by atoms with Crippen molar-refractivity contribution in [1.29, 1.82) is 0 Å². The Balaban J connectivity index is 1.95. The van der Waals surface area contributed by atoms with E-state index in [1.807, 2.05) is 0 Å². The van der Waals surface area contributed by atoms with Crippen molar-refractivity contribution in [2.75, 3.05) is 26.6 Å². The van der Waals surface area contributed by atoms with E-state index in [0.717, 1.165) is 16.2 Å². The number of benzene rings is 2.